The average molecular weight is 222 g/mol. The number of ketones is 1. The van der Waals surface area contributed by atoms with Crippen LogP contribution in [0.1, 0.15) is 48.9 Å². The van der Waals surface area contributed by atoms with Gasteiger partial charge in [-0.25, -0.2) is 0 Å². The zero-order chi connectivity index (χ0) is 11.9. The number of aliphatic hydroxyl groups is 1. The van der Waals surface area contributed by atoms with Crippen molar-refractivity contribution in [3.63, 3.8) is 0 Å². The summed E-state index contributed by atoms with van der Waals surface area (Å²) in [6, 6.07) is 0. The van der Waals surface area contributed by atoms with Crippen molar-refractivity contribution in [1.29, 1.82) is 0 Å². The molecule has 4 heteroatoms. The summed E-state index contributed by atoms with van der Waals surface area (Å²) >= 11 is 0. The van der Waals surface area contributed by atoms with E-state index < -0.39 is 0 Å². The van der Waals surface area contributed by atoms with Crippen LogP contribution in [-0.4, -0.2) is 20.7 Å². The molecule has 0 radical (unpaired) electrons. The highest BCUT2D eigenvalue weighted by Crippen LogP contribution is 2.36. The molecule has 0 saturated heterocycles. The summed E-state index contributed by atoms with van der Waals surface area (Å²) in [5.74, 6) is 0.153. The summed E-state index contributed by atoms with van der Waals surface area (Å²) in [6.45, 7) is 6.71. The maximum atomic E-state index is 12.1. The van der Waals surface area contributed by atoms with Gasteiger partial charge in [0.1, 0.15) is 5.69 Å². The smallest absolute Gasteiger partial charge is 0.181 e. The highest BCUT2D eigenvalue weighted by molar-refractivity contribution is 5.97. The molecule has 0 saturated carbocycles. The molecule has 0 aromatic carbocycles. The van der Waals surface area contributed by atoms with Gasteiger partial charge in [0.25, 0.3) is 0 Å². The van der Waals surface area contributed by atoms with Gasteiger partial charge in [0.05, 0.1) is 12.3 Å². The number of hydrogen-bond donors (Lipinski definition) is 1. The third kappa shape index (κ3) is 1.67. The standard InChI is InChI=1S/C12H18N2O2/c1-4-14-11-8(9(7-15)13-14)5-12(2,3)6-10(11)16/h15H,4-7H2,1-3H3. The van der Waals surface area contributed by atoms with Crippen LogP contribution < -0.4 is 0 Å². The van der Waals surface area contributed by atoms with E-state index in [0.717, 1.165) is 12.0 Å². The summed E-state index contributed by atoms with van der Waals surface area (Å²) < 4.78 is 1.72. The lowest BCUT2D eigenvalue weighted by atomic mass is 9.75. The fraction of sp³-hybridized carbons (Fsp3) is 0.667. The summed E-state index contributed by atoms with van der Waals surface area (Å²) in [7, 11) is 0. The van der Waals surface area contributed by atoms with Crippen LogP contribution in [0.25, 0.3) is 0 Å². The fourth-order valence-corrected chi connectivity index (χ4v) is 2.46. The van der Waals surface area contributed by atoms with Crippen LogP contribution in [0.3, 0.4) is 0 Å². The number of Topliss-reactive ketones (excluding diaryl/α,β-unsaturated/α-hetero) is 1. The van der Waals surface area contributed by atoms with E-state index in [1.165, 1.54) is 0 Å². The third-order valence-corrected chi connectivity index (χ3v) is 3.14. The maximum Gasteiger partial charge on any atom is 0.181 e. The van der Waals surface area contributed by atoms with E-state index in [1.807, 2.05) is 6.92 Å². The number of fused-ring (bicyclic) bond motifs is 1. The molecule has 0 bridgehead atoms. The van der Waals surface area contributed by atoms with Crippen molar-refractivity contribution in [3.05, 3.63) is 17.0 Å². The van der Waals surface area contributed by atoms with Gasteiger partial charge < -0.3 is 5.11 Å². The molecule has 1 aromatic rings. The Bertz CT molecular complexity index is 432. The minimum Gasteiger partial charge on any atom is -0.390 e. The number of aryl methyl sites for hydroxylation is 1. The zero-order valence-electron chi connectivity index (χ0n) is 10.1. The first-order valence-corrected chi connectivity index (χ1v) is 5.71. The Morgan fingerprint density at radius 2 is 2.12 bits per heavy atom. The van der Waals surface area contributed by atoms with Gasteiger partial charge in [0.15, 0.2) is 5.78 Å². The van der Waals surface area contributed by atoms with Crippen molar-refractivity contribution >= 4 is 5.78 Å². The third-order valence-electron chi connectivity index (χ3n) is 3.14. The second-order valence-electron chi connectivity index (χ2n) is 5.19. The van der Waals surface area contributed by atoms with Crippen molar-refractivity contribution in [2.75, 3.05) is 0 Å². The minimum atomic E-state index is -0.0846. The monoisotopic (exact) mass is 222 g/mol. The molecule has 1 aliphatic carbocycles. The number of hydrogen-bond acceptors (Lipinski definition) is 3. The van der Waals surface area contributed by atoms with Crippen LogP contribution in [0.2, 0.25) is 0 Å². The van der Waals surface area contributed by atoms with Gasteiger partial charge in [0.2, 0.25) is 0 Å². The molecule has 16 heavy (non-hydrogen) atoms. The lowest BCUT2D eigenvalue weighted by Crippen LogP contribution is -2.28. The highest BCUT2D eigenvalue weighted by Gasteiger charge is 2.35. The minimum absolute atomic E-state index is 0.0182. The van der Waals surface area contributed by atoms with Gasteiger partial charge in [-0.1, -0.05) is 13.8 Å². The number of aromatic nitrogens is 2. The van der Waals surface area contributed by atoms with E-state index in [9.17, 15) is 9.90 Å². The molecule has 1 heterocycles. The Balaban J connectivity index is 2.56. The summed E-state index contributed by atoms with van der Waals surface area (Å²) in [5, 5.41) is 13.6. The number of nitrogens with zero attached hydrogens (tertiary/aromatic N) is 2. The van der Waals surface area contributed by atoms with E-state index in [2.05, 4.69) is 18.9 Å². The van der Waals surface area contributed by atoms with Gasteiger partial charge >= 0.3 is 0 Å². The SMILES string of the molecule is CCn1nc(CO)c2c1C(=O)CC(C)(C)C2. The maximum absolute atomic E-state index is 12.1. The zero-order valence-corrected chi connectivity index (χ0v) is 10.1. The van der Waals surface area contributed by atoms with Crippen LogP contribution >= 0.6 is 0 Å². The second-order valence-corrected chi connectivity index (χ2v) is 5.19. The topological polar surface area (TPSA) is 55.1 Å². The number of carbonyl (C=O) groups is 1. The van der Waals surface area contributed by atoms with Crippen LogP contribution in [0.4, 0.5) is 0 Å². The first kappa shape index (κ1) is 11.3. The van der Waals surface area contributed by atoms with Gasteiger partial charge in [-0.3, -0.25) is 9.48 Å². The van der Waals surface area contributed by atoms with Crippen molar-refractivity contribution in [1.82, 2.24) is 9.78 Å². The Morgan fingerprint density at radius 3 is 2.69 bits per heavy atom. The van der Waals surface area contributed by atoms with Crippen LogP contribution in [-0.2, 0) is 19.6 Å². The van der Waals surface area contributed by atoms with Crippen molar-refractivity contribution in [3.8, 4) is 0 Å². The van der Waals surface area contributed by atoms with E-state index in [1.54, 1.807) is 4.68 Å². The molecule has 88 valence electrons. The molecule has 2 rings (SSSR count). The molecule has 1 aromatic heterocycles. The molecular weight excluding hydrogens is 204 g/mol. The summed E-state index contributed by atoms with van der Waals surface area (Å²) in [4.78, 5) is 12.1. The van der Waals surface area contributed by atoms with E-state index in [-0.39, 0.29) is 17.8 Å². The summed E-state index contributed by atoms with van der Waals surface area (Å²) in [6.07, 6.45) is 1.39. The molecule has 0 unspecified atom stereocenters. The first-order valence-electron chi connectivity index (χ1n) is 5.71. The number of rotatable bonds is 2. The van der Waals surface area contributed by atoms with Crippen molar-refractivity contribution < 1.29 is 9.90 Å². The van der Waals surface area contributed by atoms with Gasteiger partial charge in [-0.05, 0) is 18.8 Å². The molecule has 0 aliphatic heterocycles. The normalized spacial score (nSPS) is 18.6. The quantitative estimate of drug-likeness (QED) is 0.826. The van der Waals surface area contributed by atoms with Crippen LogP contribution in [0, 0.1) is 5.41 Å². The van der Waals surface area contributed by atoms with Crippen molar-refractivity contribution in [2.24, 2.45) is 5.41 Å². The largest absolute Gasteiger partial charge is 0.390 e. The highest BCUT2D eigenvalue weighted by atomic mass is 16.3. The Labute approximate surface area is 95.3 Å². The summed E-state index contributed by atoms with van der Waals surface area (Å²) in [5.41, 5.74) is 2.31. The Morgan fingerprint density at radius 1 is 1.44 bits per heavy atom. The number of carbonyl (C=O) groups excluding carboxylic acids is 1. The average Bonchev–Trinajstić information content (AvgIpc) is 2.54. The fourth-order valence-electron chi connectivity index (χ4n) is 2.46. The Kier molecular flexibility index (Phi) is 2.62. The predicted molar refractivity (Wildman–Crippen MR) is 60.3 cm³/mol. The Hall–Kier alpha value is -1.16. The molecule has 1 N–H and O–H groups in total. The lowest BCUT2D eigenvalue weighted by Gasteiger charge is -2.28. The van der Waals surface area contributed by atoms with E-state index in [4.69, 9.17) is 0 Å². The molecule has 1 aliphatic rings. The molecule has 0 amide bonds. The number of aliphatic hydroxyl groups excluding tert-OH is 1. The second kappa shape index (κ2) is 3.70. The molecule has 0 atom stereocenters. The predicted octanol–water partition coefficient (Wildman–Crippen LogP) is 1.55. The molecule has 0 spiro atoms. The van der Waals surface area contributed by atoms with Gasteiger partial charge in [0, 0.05) is 18.5 Å². The van der Waals surface area contributed by atoms with E-state index >= 15 is 0 Å². The first-order chi connectivity index (χ1) is 7.48. The molecule has 4 nitrogen and oxygen atoms in total. The van der Waals surface area contributed by atoms with Gasteiger partial charge in [-0.2, -0.15) is 5.10 Å². The van der Waals surface area contributed by atoms with Crippen LogP contribution in [0.5, 0.6) is 0 Å². The molecule has 0 fully saturated rings. The van der Waals surface area contributed by atoms with E-state index in [0.29, 0.717) is 24.4 Å². The van der Waals surface area contributed by atoms with Gasteiger partial charge in [-0.15, -0.1) is 0 Å². The lowest BCUT2D eigenvalue weighted by molar-refractivity contribution is 0.0900. The molecular formula is C12H18N2O2. The van der Waals surface area contributed by atoms with Crippen molar-refractivity contribution in [2.45, 2.75) is 46.8 Å². The van der Waals surface area contributed by atoms with Crippen LogP contribution in [0.15, 0.2) is 0 Å².